The molecule has 0 radical (unpaired) electrons. The van der Waals surface area contributed by atoms with Crippen LogP contribution in [-0.4, -0.2) is 24.5 Å². The van der Waals surface area contributed by atoms with Crippen molar-refractivity contribution in [3.05, 3.63) is 29.8 Å². The average molecular weight is 241 g/mol. The predicted octanol–water partition coefficient (Wildman–Crippen LogP) is 2.72. The van der Waals surface area contributed by atoms with Crippen LogP contribution >= 0.6 is 12.4 Å². The topological polar surface area (TPSA) is 29.3 Å². The van der Waals surface area contributed by atoms with Crippen LogP contribution in [0.5, 0.6) is 0 Å². The van der Waals surface area contributed by atoms with Gasteiger partial charge in [0.15, 0.2) is 0 Å². The Morgan fingerprint density at radius 1 is 1.00 bits per heavy atom. The second-order valence-corrected chi connectivity index (χ2v) is 4.39. The Morgan fingerprint density at radius 3 is 2.25 bits per heavy atom. The molecule has 1 aromatic rings. The number of anilines is 1. The van der Waals surface area contributed by atoms with E-state index < -0.39 is 0 Å². The van der Waals surface area contributed by atoms with E-state index in [1.807, 2.05) is 12.1 Å². The van der Waals surface area contributed by atoms with Crippen molar-refractivity contribution in [3.8, 4) is 0 Å². The Labute approximate surface area is 104 Å². The number of nitrogens with two attached hydrogens (primary N) is 1. The fourth-order valence-electron chi connectivity index (χ4n) is 2.15. The first-order chi connectivity index (χ1) is 7.34. The maximum Gasteiger partial charge on any atom is 0.0314 e. The molecular weight excluding hydrogens is 220 g/mol. The van der Waals surface area contributed by atoms with E-state index >= 15 is 0 Å². The second kappa shape index (κ2) is 6.77. The number of rotatable bonds is 3. The molecule has 1 fully saturated rings. The fraction of sp³-hybridized carbons (Fsp3) is 0.538. The maximum absolute atomic E-state index is 5.66. The van der Waals surface area contributed by atoms with Gasteiger partial charge in [-0.2, -0.15) is 0 Å². The Balaban J connectivity index is 0.00000128. The first-order valence-electron chi connectivity index (χ1n) is 5.91. The lowest BCUT2D eigenvalue weighted by molar-refractivity contribution is 0.231. The smallest absolute Gasteiger partial charge is 0.0314 e. The van der Waals surface area contributed by atoms with Crippen molar-refractivity contribution in [1.29, 1.82) is 0 Å². The molecule has 0 atom stereocenters. The third-order valence-electron chi connectivity index (χ3n) is 3.15. The summed E-state index contributed by atoms with van der Waals surface area (Å²) >= 11 is 0. The summed E-state index contributed by atoms with van der Waals surface area (Å²) in [5.41, 5.74) is 7.91. The molecule has 90 valence electrons. The molecule has 0 unspecified atom stereocenters. The summed E-state index contributed by atoms with van der Waals surface area (Å²) in [6, 6.07) is 8.26. The third-order valence-corrected chi connectivity index (χ3v) is 3.15. The van der Waals surface area contributed by atoms with Crippen LogP contribution in [0.1, 0.15) is 24.8 Å². The molecule has 0 spiro atoms. The predicted molar refractivity (Wildman–Crippen MR) is 72.1 cm³/mol. The SMILES string of the molecule is Cl.Nc1ccc(CCN2CCCCC2)cc1. The molecule has 1 aliphatic heterocycles. The highest BCUT2D eigenvalue weighted by Crippen LogP contribution is 2.11. The minimum Gasteiger partial charge on any atom is -0.399 e. The molecule has 16 heavy (non-hydrogen) atoms. The van der Waals surface area contributed by atoms with Gasteiger partial charge in [0.2, 0.25) is 0 Å². The van der Waals surface area contributed by atoms with Crippen LogP contribution in [0, 0.1) is 0 Å². The van der Waals surface area contributed by atoms with Gasteiger partial charge in [0.25, 0.3) is 0 Å². The van der Waals surface area contributed by atoms with Crippen LogP contribution in [0.4, 0.5) is 5.69 Å². The molecule has 1 aliphatic rings. The van der Waals surface area contributed by atoms with E-state index in [1.54, 1.807) is 0 Å². The van der Waals surface area contributed by atoms with Crippen molar-refractivity contribution in [2.45, 2.75) is 25.7 Å². The quantitative estimate of drug-likeness (QED) is 0.824. The second-order valence-electron chi connectivity index (χ2n) is 4.39. The zero-order chi connectivity index (χ0) is 10.5. The number of hydrogen-bond acceptors (Lipinski definition) is 2. The minimum atomic E-state index is 0. The van der Waals surface area contributed by atoms with Gasteiger partial charge in [-0.15, -0.1) is 12.4 Å². The number of hydrogen-bond donors (Lipinski definition) is 1. The van der Waals surface area contributed by atoms with Crippen molar-refractivity contribution in [1.82, 2.24) is 4.90 Å². The highest BCUT2D eigenvalue weighted by Gasteiger charge is 2.09. The van der Waals surface area contributed by atoms with Gasteiger partial charge in [-0.1, -0.05) is 18.6 Å². The van der Waals surface area contributed by atoms with Gasteiger partial charge in [0, 0.05) is 12.2 Å². The first kappa shape index (κ1) is 13.3. The van der Waals surface area contributed by atoms with E-state index in [1.165, 1.54) is 44.5 Å². The van der Waals surface area contributed by atoms with Crippen molar-refractivity contribution in [3.63, 3.8) is 0 Å². The maximum atomic E-state index is 5.66. The lowest BCUT2D eigenvalue weighted by Gasteiger charge is -2.26. The highest BCUT2D eigenvalue weighted by atomic mass is 35.5. The van der Waals surface area contributed by atoms with Crippen LogP contribution in [0.3, 0.4) is 0 Å². The fourth-order valence-corrected chi connectivity index (χ4v) is 2.15. The molecule has 1 heterocycles. The van der Waals surface area contributed by atoms with Crippen LogP contribution in [-0.2, 0) is 6.42 Å². The number of nitrogen functional groups attached to an aromatic ring is 1. The summed E-state index contributed by atoms with van der Waals surface area (Å²) < 4.78 is 0. The lowest BCUT2D eigenvalue weighted by atomic mass is 10.1. The van der Waals surface area contributed by atoms with Crippen LogP contribution < -0.4 is 5.73 Å². The van der Waals surface area contributed by atoms with E-state index in [9.17, 15) is 0 Å². The zero-order valence-corrected chi connectivity index (χ0v) is 10.5. The van der Waals surface area contributed by atoms with Crippen molar-refractivity contribution in [2.75, 3.05) is 25.4 Å². The Bertz CT molecular complexity index is 291. The first-order valence-corrected chi connectivity index (χ1v) is 5.91. The zero-order valence-electron chi connectivity index (χ0n) is 9.69. The number of halogens is 1. The van der Waals surface area contributed by atoms with Crippen LogP contribution in [0.15, 0.2) is 24.3 Å². The summed E-state index contributed by atoms with van der Waals surface area (Å²) in [7, 11) is 0. The van der Waals surface area contributed by atoms with Crippen molar-refractivity contribution in [2.24, 2.45) is 0 Å². The van der Waals surface area contributed by atoms with Crippen LogP contribution in [0.25, 0.3) is 0 Å². The van der Waals surface area contributed by atoms with E-state index in [2.05, 4.69) is 17.0 Å². The Morgan fingerprint density at radius 2 is 1.62 bits per heavy atom. The highest BCUT2D eigenvalue weighted by molar-refractivity contribution is 5.85. The van der Waals surface area contributed by atoms with Crippen molar-refractivity contribution < 1.29 is 0 Å². The van der Waals surface area contributed by atoms with E-state index in [0.717, 1.165) is 12.1 Å². The Hall–Kier alpha value is -0.730. The molecule has 1 aromatic carbocycles. The number of piperidine rings is 1. The molecule has 0 bridgehead atoms. The molecule has 3 heteroatoms. The molecule has 0 saturated carbocycles. The average Bonchev–Trinajstić information content (AvgIpc) is 2.30. The largest absolute Gasteiger partial charge is 0.399 e. The summed E-state index contributed by atoms with van der Waals surface area (Å²) in [6.45, 7) is 3.77. The summed E-state index contributed by atoms with van der Waals surface area (Å²) in [5.74, 6) is 0. The molecular formula is C13H21ClN2. The molecule has 2 nitrogen and oxygen atoms in total. The molecule has 2 rings (SSSR count). The molecule has 1 saturated heterocycles. The van der Waals surface area contributed by atoms with Crippen molar-refractivity contribution >= 4 is 18.1 Å². The Kier molecular flexibility index (Phi) is 5.64. The minimum absolute atomic E-state index is 0. The third kappa shape index (κ3) is 4.03. The van der Waals surface area contributed by atoms with Gasteiger partial charge in [-0.25, -0.2) is 0 Å². The monoisotopic (exact) mass is 240 g/mol. The number of benzene rings is 1. The van der Waals surface area contributed by atoms with E-state index in [0.29, 0.717) is 0 Å². The van der Waals surface area contributed by atoms with Gasteiger partial charge in [-0.3, -0.25) is 0 Å². The van der Waals surface area contributed by atoms with Gasteiger partial charge in [0.1, 0.15) is 0 Å². The molecule has 2 N–H and O–H groups in total. The van der Waals surface area contributed by atoms with Gasteiger partial charge >= 0.3 is 0 Å². The van der Waals surface area contributed by atoms with E-state index in [4.69, 9.17) is 5.73 Å². The van der Waals surface area contributed by atoms with Gasteiger partial charge in [-0.05, 0) is 50.0 Å². The number of nitrogens with zero attached hydrogens (tertiary/aromatic N) is 1. The van der Waals surface area contributed by atoms with Gasteiger partial charge in [0.05, 0.1) is 0 Å². The standard InChI is InChI=1S/C13H20N2.ClH/c14-13-6-4-12(5-7-13)8-11-15-9-2-1-3-10-15;/h4-7H,1-3,8-11,14H2;1H. The normalized spacial score (nSPS) is 16.8. The summed E-state index contributed by atoms with van der Waals surface area (Å²) in [4.78, 5) is 2.57. The summed E-state index contributed by atoms with van der Waals surface area (Å²) in [6.07, 6.45) is 5.32. The van der Waals surface area contributed by atoms with Gasteiger partial charge < -0.3 is 10.6 Å². The molecule has 0 amide bonds. The molecule has 0 aliphatic carbocycles. The lowest BCUT2D eigenvalue weighted by Crippen LogP contribution is -2.31. The van der Waals surface area contributed by atoms with E-state index in [-0.39, 0.29) is 12.4 Å². The number of likely N-dealkylation sites (tertiary alicyclic amines) is 1. The van der Waals surface area contributed by atoms with Crippen LogP contribution in [0.2, 0.25) is 0 Å². The molecule has 0 aromatic heterocycles. The summed E-state index contributed by atoms with van der Waals surface area (Å²) in [5, 5.41) is 0.